The third kappa shape index (κ3) is 3.90. The van der Waals surface area contributed by atoms with Gasteiger partial charge in [0.1, 0.15) is 0 Å². The van der Waals surface area contributed by atoms with Gasteiger partial charge in [0.05, 0.1) is 11.4 Å². The quantitative estimate of drug-likeness (QED) is 0.148. The number of benzene rings is 6. The first-order chi connectivity index (χ1) is 15.7. The van der Waals surface area contributed by atoms with Crippen LogP contribution in [0.3, 0.4) is 0 Å². The summed E-state index contributed by atoms with van der Waals surface area (Å²) >= 11 is 11.3. The third-order valence-corrected chi connectivity index (χ3v) is 6.48. The zero-order chi connectivity index (χ0) is 21.7. The Kier molecular flexibility index (Phi) is 6.09. The number of fused-ring (bicyclic) bond motifs is 4. The van der Waals surface area contributed by atoms with E-state index in [-0.39, 0.29) is 29.6 Å². The van der Waals surface area contributed by atoms with E-state index in [9.17, 15) is 0 Å². The molecule has 0 saturated carbocycles. The maximum atomic E-state index is 5.64. The van der Waals surface area contributed by atoms with Crippen molar-refractivity contribution in [2.24, 2.45) is 0 Å². The van der Waals surface area contributed by atoms with Gasteiger partial charge in [-0.15, -0.1) is 0 Å². The van der Waals surface area contributed by atoms with Crippen LogP contribution in [-0.4, -0.2) is 4.32 Å². The molecule has 0 saturated heterocycles. The number of hydrogen-bond donors (Lipinski definition) is 0. The average molecular weight is 468 g/mol. The number of thiocarbonyl (C=S) groups is 1. The van der Waals surface area contributed by atoms with Crippen LogP contribution in [0.4, 0.5) is 11.4 Å². The van der Waals surface area contributed by atoms with Crippen LogP contribution in [0, 0.1) is 0 Å². The second-order valence-corrected chi connectivity index (χ2v) is 9.03. The van der Waals surface area contributed by atoms with Crippen molar-refractivity contribution in [2.75, 3.05) is 4.90 Å². The minimum absolute atomic E-state index is 0. The van der Waals surface area contributed by atoms with Gasteiger partial charge >= 0.3 is 29.6 Å². The van der Waals surface area contributed by atoms with Gasteiger partial charge in [0.2, 0.25) is 0 Å². The minimum Gasteiger partial charge on any atom is -0.411 e. The Morgan fingerprint density at radius 2 is 0.879 bits per heavy atom. The molecular formula is C29H18NNaS2. The summed E-state index contributed by atoms with van der Waals surface area (Å²) in [5, 5.41) is 9.46. The van der Waals surface area contributed by atoms with Crippen LogP contribution >= 0.6 is 12.2 Å². The molecule has 4 heteroatoms. The molecule has 0 aliphatic heterocycles. The van der Waals surface area contributed by atoms with E-state index in [4.69, 9.17) is 24.8 Å². The summed E-state index contributed by atoms with van der Waals surface area (Å²) in [7, 11) is 0. The van der Waals surface area contributed by atoms with Crippen molar-refractivity contribution in [1.29, 1.82) is 0 Å². The van der Waals surface area contributed by atoms with Crippen LogP contribution in [0.1, 0.15) is 0 Å². The SMILES string of the molecule is S=C([S-])N(c1cccc2cc3ccccc3cc12)c1cccc2cc3ccccc3cc12.[Na+]. The van der Waals surface area contributed by atoms with E-state index >= 15 is 0 Å². The first kappa shape index (κ1) is 22.3. The van der Waals surface area contributed by atoms with Gasteiger partial charge in [0.15, 0.2) is 0 Å². The topological polar surface area (TPSA) is 3.24 Å². The summed E-state index contributed by atoms with van der Waals surface area (Å²) < 4.78 is 0.409. The van der Waals surface area contributed by atoms with Gasteiger partial charge in [-0.25, -0.2) is 0 Å². The zero-order valence-electron chi connectivity index (χ0n) is 18.2. The van der Waals surface area contributed by atoms with E-state index in [1.165, 1.54) is 32.3 Å². The Labute approximate surface area is 225 Å². The van der Waals surface area contributed by atoms with Crippen molar-refractivity contribution < 1.29 is 29.6 Å². The molecule has 0 atom stereocenters. The van der Waals surface area contributed by atoms with Crippen LogP contribution in [0.25, 0.3) is 43.1 Å². The first-order valence-electron chi connectivity index (χ1n) is 10.5. The van der Waals surface area contributed by atoms with Gasteiger partial charge in [0, 0.05) is 10.8 Å². The van der Waals surface area contributed by atoms with Crippen molar-refractivity contribution in [3.05, 3.63) is 109 Å². The van der Waals surface area contributed by atoms with Gasteiger partial charge in [0.25, 0.3) is 0 Å². The van der Waals surface area contributed by atoms with Crippen molar-refractivity contribution in [3.8, 4) is 0 Å². The molecule has 0 bridgehead atoms. The molecule has 0 amide bonds. The number of rotatable bonds is 2. The summed E-state index contributed by atoms with van der Waals surface area (Å²) in [5.41, 5.74) is 2.02. The molecule has 0 N–H and O–H groups in total. The Hall–Kier alpha value is -2.53. The van der Waals surface area contributed by atoms with Gasteiger partial charge in [-0.05, 0) is 68.7 Å². The van der Waals surface area contributed by atoms with Crippen LogP contribution in [0.2, 0.25) is 0 Å². The van der Waals surface area contributed by atoms with Gasteiger partial charge in [-0.2, -0.15) is 0 Å². The first-order valence-corrected chi connectivity index (χ1v) is 11.3. The second kappa shape index (κ2) is 9.02. The number of nitrogens with zero attached hydrogens (tertiary/aromatic N) is 1. The molecule has 6 aromatic carbocycles. The number of anilines is 2. The molecule has 0 aliphatic carbocycles. The molecule has 0 heterocycles. The molecule has 6 rings (SSSR count). The number of hydrogen-bond acceptors (Lipinski definition) is 2. The van der Waals surface area contributed by atoms with Crippen LogP contribution in [-0.2, 0) is 12.6 Å². The molecule has 33 heavy (non-hydrogen) atoms. The van der Waals surface area contributed by atoms with Gasteiger partial charge < -0.3 is 29.7 Å². The van der Waals surface area contributed by atoms with E-state index in [1.807, 2.05) is 4.90 Å². The molecule has 0 radical (unpaired) electrons. The van der Waals surface area contributed by atoms with Crippen molar-refractivity contribution in [2.45, 2.75) is 0 Å². The molecule has 0 fully saturated rings. The Balaban J connectivity index is 0.00000228. The van der Waals surface area contributed by atoms with E-state index in [2.05, 4.69) is 109 Å². The monoisotopic (exact) mass is 467 g/mol. The molecular weight excluding hydrogens is 449 g/mol. The van der Waals surface area contributed by atoms with Crippen molar-refractivity contribution in [1.82, 2.24) is 0 Å². The van der Waals surface area contributed by atoms with E-state index < -0.39 is 0 Å². The summed E-state index contributed by atoms with van der Waals surface area (Å²) in [6.45, 7) is 0. The summed E-state index contributed by atoms with van der Waals surface area (Å²) in [6, 6.07) is 38.5. The summed E-state index contributed by atoms with van der Waals surface area (Å²) in [5.74, 6) is 0. The Morgan fingerprint density at radius 1 is 0.515 bits per heavy atom. The predicted octanol–water partition coefficient (Wildman–Crippen LogP) is 5.27. The standard InChI is InChI=1S/C29H19NS2.Na/c31-29(32)30(27-13-5-11-23-15-19-7-1-3-9-21(19)17-25(23)27)28-14-6-12-24-16-20-8-2-4-10-22(20)18-26(24)28;/h1-18H,(H,31,32);/q;+1/p-1. The summed E-state index contributed by atoms with van der Waals surface area (Å²) in [4.78, 5) is 2.04. The fourth-order valence-electron chi connectivity index (χ4n) is 4.62. The maximum absolute atomic E-state index is 5.64. The fourth-order valence-corrected chi connectivity index (χ4v) is 5.01. The van der Waals surface area contributed by atoms with Crippen molar-refractivity contribution in [3.63, 3.8) is 0 Å². The smallest absolute Gasteiger partial charge is 0.411 e. The van der Waals surface area contributed by atoms with Crippen LogP contribution in [0.15, 0.2) is 109 Å². The van der Waals surface area contributed by atoms with Gasteiger partial charge in [-0.1, -0.05) is 77.1 Å². The van der Waals surface area contributed by atoms with Crippen molar-refractivity contribution >= 4 is 83.6 Å². The molecule has 1 nitrogen and oxygen atoms in total. The maximum Gasteiger partial charge on any atom is 1.00 e. The predicted molar refractivity (Wildman–Crippen MR) is 145 cm³/mol. The normalized spacial score (nSPS) is 11.0. The van der Waals surface area contributed by atoms with Gasteiger partial charge in [-0.3, -0.25) is 0 Å². The molecule has 6 aromatic rings. The zero-order valence-corrected chi connectivity index (χ0v) is 21.8. The average Bonchev–Trinajstić information content (AvgIpc) is 2.82. The molecule has 152 valence electrons. The van der Waals surface area contributed by atoms with Crippen LogP contribution in [0.5, 0.6) is 0 Å². The Morgan fingerprint density at radius 3 is 1.27 bits per heavy atom. The largest absolute Gasteiger partial charge is 1.00 e. The Bertz CT molecular complexity index is 1560. The molecule has 0 unspecified atom stereocenters. The molecule has 0 aliphatic rings. The molecule has 0 aromatic heterocycles. The summed E-state index contributed by atoms with van der Waals surface area (Å²) in [6.07, 6.45) is 0. The third-order valence-electron chi connectivity index (χ3n) is 6.11. The van der Waals surface area contributed by atoms with E-state index in [0.717, 1.165) is 22.1 Å². The molecule has 0 spiro atoms. The van der Waals surface area contributed by atoms with Crippen LogP contribution < -0.4 is 34.5 Å². The fraction of sp³-hybridized carbons (Fsp3) is 0. The van der Waals surface area contributed by atoms with E-state index in [1.54, 1.807) is 0 Å². The minimum atomic E-state index is 0. The second-order valence-electron chi connectivity index (χ2n) is 8.00. The van der Waals surface area contributed by atoms with E-state index in [0.29, 0.717) is 4.32 Å².